The van der Waals surface area contributed by atoms with E-state index in [1.165, 1.54) is 60.4 Å². The van der Waals surface area contributed by atoms with Crippen LogP contribution in [0.15, 0.2) is 71.6 Å². The minimum Gasteiger partial charge on any atom is -0.497 e. The summed E-state index contributed by atoms with van der Waals surface area (Å²) in [7, 11) is -1.03. The molecule has 3 aromatic rings. The third-order valence-electron chi connectivity index (χ3n) is 7.80. The van der Waals surface area contributed by atoms with Gasteiger partial charge in [-0.1, -0.05) is 6.92 Å². The zero-order chi connectivity index (χ0) is 34.5. The summed E-state index contributed by atoms with van der Waals surface area (Å²) >= 11 is 0. The van der Waals surface area contributed by atoms with Gasteiger partial charge in [0.25, 0.3) is 10.0 Å². The van der Waals surface area contributed by atoms with Gasteiger partial charge in [-0.2, -0.15) is 13.2 Å². The molecule has 0 aromatic heterocycles. The summed E-state index contributed by atoms with van der Waals surface area (Å²) in [6, 6.07) is 13.3. The number of ether oxygens (including phenoxy) is 2. The first-order chi connectivity index (χ1) is 22.1. The monoisotopic (exact) mass is 678 g/mol. The number of nitrogens with zero attached hydrogens (tertiary/aromatic N) is 2. The Hall–Kier alpha value is -4.50. The number of anilines is 2. The van der Waals surface area contributed by atoms with Crippen LogP contribution in [0.1, 0.15) is 25.0 Å². The lowest BCUT2D eigenvalue weighted by Crippen LogP contribution is -2.48. The number of amides is 3. The molecule has 0 unspecified atom stereocenters. The van der Waals surface area contributed by atoms with E-state index in [2.05, 4.69) is 10.0 Å². The first-order valence-corrected chi connectivity index (χ1v) is 16.2. The van der Waals surface area contributed by atoms with Crippen molar-refractivity contribution in [3.8, 4) is 11.5 Å². The lowest BCUT2D eigenvalue weighted by atomic mass is 10.0. The average molecular weight is 679 g/mol. The number of carbonyl (C=O) groups is 2. The molecular weight excluding hydrogens is 641 g/mol. The van der Waals surface area contributed by atoms with Gasteiger partial charge in [0.05, 0.1) is 43.2 Å². The average Bonchev–Trinajstić information content (AvgIpc) is 3.07. The highest BCUT2D eigenvalue weighted by molar-refractivity contribution is 7.92. The minimum atomic E-state index is -4.51. The number of hydrogen-bond acceptors (Lipinski definition) is 7. The number of benzene rings is 3. The fraction of sp³-hybridized carbons (Fsp3) is 0.375. The molecule has 15 heteroatoms. The quantitative estimate of drug-likeness (QED) is 0.295. The maximum atomic E-state index is 13.5. The van der Waals surface area contributed by atoms with Crippen molar-refractivity contribution in [1.29, 1.82) is 0 Å². The Morgan fingerprint density at radius 3 is 2.34 bits per heavy atom. The second-order valence-corrected chi connectivity index (χ2v) is 13.1. The van der Waals surface area contributed by atoms with Crippen LogP contribution in [0.4, 0.5) is 29.3 Å². The molecule has 47 heavy (non-hydrogen) atoms. The molecule has 0 bridgehead atoms. The molecule has 0 saturated carbocycles. The van der Waals surface area contributed by atoms with Crippen LogP contribution in [0.25, 0.3) is 0 Å². The predicted octanol–water partition coefficient (Wildman–Crippen LogP) is 4.83. The lowest BCUT2D eigenvalue weighted by molar-refractivity contribution is -0.137. The molecule has 0 saturated heterocycles. The fourth-order valence-corrected chi connectivity index (χ4v) is 6.04. The smallest absolute Gasteiger partial charge is 0.416 e. The van der Waals surface area contributed by atoms with E-state index in [-0.39, 0.29) is 54.2 Å². The first kappa shape index (κ1) is 35.4. The molecule has 11 nitrogen and oxygen atoms in total. The number of sulfonamides is 1. The number of fused-ring (bicyclic) bond motifs is 1. The molecule has 0 fully saturated rings. The zero-order valence-corrected chi connectivity index (χ0v) is 27.1. The van der Waals surface area contributed by atoms with Crippen LogP contribution >= 0.6 is 0 Å². The normalized spacial score (nSPS) is 17.7. The van der Waals surface area contributed by atoms with Crippen molar-refractivity contribution >= 4 is 33.3 Å². The Bertz CT molecular complexity index is 1670. The van der Waals surface area contributed by atoms with Crippen LogP contribution in [0, 0.1) is 5.92 Å². The molecule has 3 amide bonds. The second kappa shape index (κ2) is 14.5. The van der Waals surface area contributed by atoms with Crippen molar-refractivity contribution in [3.63, 3.8) is 0 Å². The minimum absolute atomic E-state index is 0.00335. The molecule has 0 radical (unpaired) electrons. The van der Waals surface area contributed by atoms with Gasteiger partial charge in [-0.3, -0.25) is 9.52 Å². The van der Waals surface area contributed by atoms with E-state index in [9.17, 15) is 36.3 Å². The zero-order valence-electron chi connectivity index (χ0n) is 26.2. The second-order valence-electron chi connectivity index (χ2n) is 11.4. The van der Waals surface area contributed by atoms with Gasteiger partial charge in [0, 0.05) is 36.4 Å². The highest BCUT2D eigenvalue weighted by atomic mass is 32.2. The van der Waals surface area contributed by atoms with Crippen molar-refractivity contribution in [2.45, 2.75) is 43.5 Å². The largest absolute Gasteiger partial charge is 0.497 e. The van der Waals surface area contributed by atoms with Crippen molar-refractivity contribution in [2.24, 2.45) is 5.92 Å². The third-order valence-corrected chi connectivity index (χ3v) is 9.20. The number of nitrogens with one attached hydrogen (secondary N) is 2. The molecule has 3 N–H and O–H groups in total. The highest BCUT2D eigenvalue weighted by Gasteiger charge is 2.33. The number of hydrogen-bond donors (Lipinski definition) is 3. The van der Waals surface area contributed by atoms with Crippen LogP contribution in [0.3, 0.4) is 0 Å². The van der Waals surface area contributed by atoms with E-state index in [0.717, 1.165) is 24.3 Å². The fourth-order valence-electron chi connectivity index (χ4n) is 4.99. The maximum absolute atomic E-state index is 13.5. The van der Waals surface area contributed by atoms with Gasteiger partial charge >= 0.3 is 12.2 Å². The van der Waals surface area contributed by atoms with E-state index in [0.29, 0.717) is 17.1 Å². The van der Waals surface area contributed by atoms with Gasteiger partial charge in [-0.25, -0.2) is 13.2 Å². The standard InChI is InChI=1S/C32H37F3N4O7S/c1-20-17-39(21(2)19-40)30(41)16-22-15-25(37-47(43,44)27-12-10-26(45-4)11-13-27)9-14-28(22)46-29(20)18-38(3)31(42)36-24-7-5-23(6-8-24)32(33,34)35/h5-15,20-21,29,37,40H,16-19H2,1-4H3,(H,36,42)/t20-,21+,29+/m0/s1. The summed E-state index contributed by atoms with van der Waals surface area (Å²) in [5.74, 6) is 0.128. The Morgan fingerprint density at radius 1 is 1.11 bits per heavy atom. The van der Waals surface area contributed by atoms with Crippen LogP contribution in [0.2, 0.25) is 0 Å². The van der Waals surface area contributed by atoms with Crippen LogP contribution in [0.5, 0.6) is 11.5 Å². The molecule has 4 rings (SSSR count). The molecule has 0 spiro atoms. The summed E-state index contributed by atoms with van der Waals surface area (Å²) < 4.78 is 79.0. The summed E-state index contributed by atoms with van der Waals surface area (Å²) in [5, 5.41) is 12.5. The number of aliphatic hydroxyl groups is 1. The molecule has 0 aliphatic carbocycles. The SMILES string of the molecule is COc1ccc(S(=O)(=O)Nc2ccc3c(c2)CC(=O)N([C@H](C)CO)C[C@H](C)[C@@H](CN(C)C(=O)Nc2ccc(C(F)(F)F)cc2)O3)cc1. The molecule has 1 aliphatic rings. The van der Waals surface area contributed by atoms with Gasteiger partial charge in [0.1, 0.15) is 17.6 Å². The van der Waals surface area contributed by atoms with Crippen LogP contribution in [-0.2, 0) is 27.4 Å². The van der Waals surface area contributed by atoms with Crippen molar-refractivity contribution in [2.75, 3.05) is 43.9 Å². The van der Waals surface area contributed by atoms with Gasteiger partial charge < -0.3 is 29.7 Å². The lowest BCUT2D eigenvalue weighted by Gasteiger charge is -2.34. The summed E-state index contributed by atoms with van der Waals surface area (Å²) in [5.41, 5.74) is -0.101. The van der Waals surface area contributed by atoms with E-state index in [1.807, 2.05) is 6.92 Å². The molecule has 254 valence electrons. The van der Waals surface area contributed by atoms with Crippen molar-refractivity contribution < 1.29 is 45.8 Å². The Balaban J connectivity index is 1.58. The molecule has 3 aromatic carbocycles. The molecule has 1 heterocycles. The number of rotatable bonds is 9. The third kappa shape index (κ3) is 8.86. The van der Waals surface area contributed by atoms with Crippen molar-refractivity contribution in [3.05, 3.63) is 77.9 Å². The van der Waals surface area contributed by atoms with Gasteiger partial charge in [0.2, 0.25) is 5.91 Å². The van der Waals surface area contributed by atoms with E-state index in [1.54, 1.807) is 13.0 Å². The van der Waals surface area contributed by atoms with E-state index in [4.69, 9.17) is 9.47 Å². The number of aliphatic hydroxyl groups excluding tert-OH is 1. The number of likely N-dealkylation sites (N-methyl/N-ethyl adjacent to an activating group) is 1. The Morgan fingerprint density at radius 2 is 1.74 bits per heavy atom. The van der Waals surface area contributed by atoms with Gasteiger partial charge in [0.15, 0.2) is 0 Å². The van der Waals surface area contributed by atoms with Crippen LogP contribution < -0.4 is 19.5 Å². The van der Waals surface area contributed by atoms with E-state index < -0.39 is 39.9 Å². The van der Waals surface area contributed by atoms with Gasteiger partial charge in [-0.15, -0.1) is 0 Å². The summed E-state index contributed by atoms with van der Waals surface area (Å²) in [4.78, 5) is 29.3. The van der Waals surface area contributed by atoms with E-state index >= 15 is 0 Å². The number of methoxy groups -OCH3 is 1. The highest BCUT2D eigenvalue weighted by Crippen LogP contribution is 2.31. The predicted molar refractivity (Wildman–Crippen MR) is 169 cm³/mol. The Labute approximate surface area is 271 Å². The van der Waals surface area contributed by atoms with Crippen LogP contribution in [-0.4, -0.2) is 81.3 Å². The van der Waals surface area contributed by atoms with Gasteiger partial charge in [-0.05, 0) is 73.7 Å². The topological polar surface area (TPSA) is 138 Å². The summed E-state index contributed by atoms with van der Waals surface area (Å²) in [6.45, 7) is 3.44. The number of alkyl halides is 3. The number of urea groups is 1. The first-order valence-electron chi connectivity index (χ1n) is 14.7. The number of carbonyl (C=O) groups excluding carboxylic acids is 2. The van der Waals surface area contributed by atoms with Crippen molar-refractivity contribution in [1.82, 2.24) is 9.80 Å². The number of halogens is 3. The molecule has 3 atom stereocenters. The molecule has 1 aliphatic heterocycles. The Kier molecular flexibility index (Phi) is 10.9. The maximum Gasteiger partial charge on any atom is 0.416 e. The molecular formula is C32H37F3N4O7S. The summed E-state index contributed by atoms with van der Waals surface area (Å²) in [6.07, 6.45) is -5.34.